The number of carboxylic acid groups (broad SMARTS) is 1. The Hall–Kier alpha value is -1.75. The van der Waals surface area contributed by atoms with Crippen LogP contribution >= 0.6 is 0 Å². The van der Waals surface area contributed by atoms with Gasteiger partial charge in [-0.05, 0) is 44.1 Å². The molecule has 0 unspecified atom stereocenters. The molecule has 106 valence electrons. The number of rotatable bonds is 5. The van der Waals surface area contributed by atoms with E-state index in [4.69, 9.17) is 14.6 Å². The molecule has 0 spiro atoms. The van der Waals surface area contributed by atoms with Gasteiger partial charge in [0.15, 0.2) is 11.5 Å². The number of carbonyl (C=O) groups is 1. The van der Waals surface area contributed by atoms with Crippen molar-refractivity contribution < 1.29 is 19.4 Å². The van der Waals surface area contributed by atoms with Gasteiger partial charge < -0.3 is 19.9 Å². The smallest absolute Gasteiger partial charge is 0.335 e. The first-order valence-corrected chi connectivity index (χ1v) is 6.52. The van der Waals surface area contributed by atoms with Crippen LogP contribution in [0.3, 0.4) is 0 Å². The molecule has 1 aliphatic rings. The van der Waals surface area contributed by atoms with Crippen molar-refractivity contribution in [1.82, 2.24) is 5.32 Å². The molecule has 2 N–H and O–H groups in total. The number of fused-ring (bicyclic) bond motifs is 1. The molecule has 0 fully saturated rings. The fraction of sp³-hybridized carbons (Fsp3) is 0.500. The van der Waals surface area contributed by atoms with Crippen LogP contribution in [-0.2, 0) is 0 Å². The highest BCUT2D eigenvalue weighted by Gasteiger charge is 2.15. The van der Waals surface area contributed by atoms with Gasteiger partial charge in [-0.1, -0.05) is 13.8 Å². The molecule has 0 saturated heterocycles. The van der Waals surface area contributed by atoms with E-state index in [-0.39, 0.29) is 12.4 Å². The van der Waals surface area contributed by atoms with E-state index in [1.165, 1.54) is 38.1 Å². The molecule has 19 heavy (non-hydrogen) atoms. The Morgan fingerprint density at radius 2 is 1.84 bits per heavy atom. The summed E-state index contributed by atoms with van der Waals surface area (Å²) in [6, 6.07) is 4.52. The van der Waals surface area contributed by atoms with Crippen LogP contribution in [0, 0.1) is 0 Å². The first-order chi connectivity index (χ1) is 9.19. The van der Waals surface area contributed by atoms with Crippen LogP contribution in [0.1, 0.15) is 37.0 Å². The number of ether oxygens (including phenoxy) is 2. The van der Waals surface area contributed by atoms with Gasteiger partial charge in [0.1, 0.15) is 0 Å². The van der Waals surface area contributed by atoms with Gasteiger partial charge in [-0.25, -0.2) is 4.79 Å². The minimum absolute atomic E-state index is 0.165. The molecule has 5 nitrogen and oxygen atoms in total. The number of hydrogen-bond acceptors (Lipinski definition) is 4. The Bertz CT molecular complexity index is 402. The van der Waals surface area contributed by atoms with Crippen molar-refractivity contribution >= 4 is 5.97 Å². The third kappa shape index (κ3) is 5.18. The Morgan fingerprint density at radius 1 is 1.21 bits per heavy atom. The summed E-state index contributed by atoms with van der Waals surface area (Å²) in [6.07, 6.45) is 2.50. The van der Waals surface area contributed by atoms with E-state index in [1.54, 1.807) is 6.07 Å². The molecular weight excluding hydrogens is 246 g/mol. The predicted molar refractivity (Wildman–Crippen MR) is 73.0 cm³/mol. The molecule has 1 heterocycles. The molecule has 0 radical (unpaired) electrons. The fourth-order valence-corrected chi connectivity index (χ4v) is 1.51. The van der Waals surface area contributed by atoms with Crippen molar-refractivity contribution in [3.05, 3.63) is 23.8 Å². The van der Waals surface area contributed by atoms with Crippen molar-refractivity contribution in [1.29, 1.82) is 0 Å². The minimum atomic E-state index is -0.965. The van der Waals surface area contributed by atoms with Crippen LogP contribution in [0.25, 0.3) is 0 Å². The number of benzene rings is 1. The maximum Gasteiger partial charge on any atom is 0.335 e. The van der Waals surface area contributed by atoms with E-state index >= 15 is 0 Å². The zero-order chi connectivity index (χ0) is 14.1. The lowest BCUT2D eigenvalue weighted by atomic mass is 10.2. The number of carboxylic acids is 1. The number of nitrogens with one attached hydrogen (secondary N) is 1. The summed E-state index contributed by atoms with van der Waals surface area (Å²) in [5.41, 5.74) is 0.208. The molecule has 1 aromatic rings. The van der Waals surface area contributed by atoms with Crippen LogP contribution in [0.5, 0.6) is 11.5 Å². The van der Waals surface area contributed by atoms with Crippen molar-refractivity contribution in [2.75, 3.05) is 19.9 Å². The molecule has 0 aromatic heterocycles. The summed E-state index contributed by atoms with van der Waals surface area (Å²) in [7, 11) is 0. The van der Waals surface area contributed by atoms with Crippen molar-refractivity contribution in [3.8, 4) is 11.5 Å². The number of aromatic carboxylic acids is 1. The molecule has 1 aromatic carbocycles. The van der Waals surface area contributed by atoms with Gasteiger partial charge >= 0.3 is 5.97 Å². The van der Waals surface area contributed by atoms with Gasteiger partial charge in [-0.2, -0.15) is 0 Å². The Balaban J connectivity index is 0.000000224. The van der Waals surface area contributed by atoms with Gasteiger partial charge in [0.25, 0.3) is 0 Å². The van der Waals surface area contributed by atoms with E-state index < -0.39 is 5.97 Å². The Kier molecular flexibility index (Phi) is 6.74. The normalized spacial score (nSPS) is 11.7. The van der Waals surface area contributed by atoms with Gasteiger partial charge in [0.05, 0.1) is 5.56 Å². The van der Waals surface area contributed by atoms with Crippen molar-refractivity contribution in [2.24, 2.45) is 0 Å². The lowest BCUT2D eigenvalue weighted by Gasteiger charge is -1.96. The summed E-state index contributed by atoms with van der Waals surface area (Å²) in [5.74, 6) is 0.128. The zero-order valence-corrected chi connectivity index (χ0v) is 11.4. The van der Waals surface area contributed by atoms with Crippen LogP contribution < -0.4 is 14.8 Å². The van der Waals surface area contributed by atoms with Crippen LogP contribution in [-0.4, -0.2) is 31.0 Å². The van der Waals surface area contributed by atoms with Gasteiger partial charge in [-0.15, -0.1) is 0 Å². The quantitative estimate of drug-likeness (QED) is 0.802. The Labute approximate surface area is 113 Å². The zero-order valence-electron chi connectivity index (χ0n) is 11.4. The standard InChI is InChI=1S/C8H6O4.C6H15N/c9-8(10)5-1-2-6-7(3-5)12-4-11-6;1-3-5-7-6-4-2/h1-3H,4H2,(H,9,10);7H,3-6H2,1-2H3. The molecule has 0 aliphatic carbocycles. The molecule has 5 heteroatoms. The second-order valence-corrected chi connectivity index (χ2v) is 4.12. The van der Waals surface area contributed by atoms with Crippen LogP contribution in [0.2, 0.25) is 0 Å². The first kappa shape index (κ1) is 15.3. The topological polar surface area (TPSA) is 67.8 Å². The number of hydrogen-bond donors (Lipinski definition) is 2. The van der Waals surface area contributed by atoms with Gasteiger partial charge in [-0.3, -0.25) is 0 Å². The lowest BCUT2D eigenvalue weighted by Crippen LogP contribution is -2.14. The largest absolute Gasteiger partial charge is 0.478 e. The average molecular weight is 267 g/mol. The molecule has 0 atom stereocenters. The maximum atomic E-state index is 10.5. The van der Waals surface area contributed by atoms with E-state index in [0.29, 0.717) is 11.5 Å². The predicted octanol–water partition coefficient (Wildman–Crippen LogP) is 2.51. The van der Waals surface area contributed by atoms with Crippen molar-refractivity contribution in [2.45, 2.75) is 26.7 Å². The van der Waals surface area contributed by atoms with Gasteiger partial charge in [0.2, 0.25) is 6.79 Å². The highest BCUT2D eigenvalue weighted by molar-refractivity contribution is 5.88. The third-order valence-electron chi connectivity index (χ3n) is 2.47. The molecule has 1 aliphatic heterocycles. The van der Waals surface area contributed by atoms with E-state index in [2.05, 4.69) is 19.2 Å². The van der Waals surface area contributed by atoms with Gasteiger partial charge in [0, 0.05) is 0 Å². The lowest BCUT2D eigenvalue weighted by molar-refractivity contribution is 0.0696. The minimum Gasteiger partial charge on any atom is -0.478 e. The SMILES string of the molecule is CCCNCCC.O=C(O)c1ccc2c(c1)OCO2. The summed E-state index contributed by atoms with van der Waals surface area (Å²) in [5, 5.41) is 11.9. The van der Waals surface area contributed by atoms with Crippen LogP contribution in [0.4, 0.5) is 0 Å². The molecule has 2 rings (SSSR count). The highest BCUT2D eigenvalue weighted by atomic mass is 16.7. The maximum absolute atomic E-state index is 10.5. The Morgan fingerprint density at radius 3 is 2.42 bits per heavy atom. The summed E-state index contributed by atoms with van der Waals surface area (Å²) < 4.78 is 10.0. The second kappa shape index (κ2) is 8.37. The average Bonchev–Trinajstić information content (AvgIpc) is 2.87. The summed E-state index contributed by atoms with van der Waals surface area (Å²) >= 11 is 0. The van der Waals surface area contributed by atoms with E-state index in [9.17, 15) is 4.79 Å². The summed E-state index contributed by atoms with van der Waals surface area (Å²) in [6.45, 7) is 6.88. The van der Waals surface area contributed by atoms with E-state index in [0.717, 1.165) is 0 Å². The van der Waals surface area contributed by atoms with Crippen LogP contribution in [0.15, 0.2) is 18.2 Å². The fourth-order valence-electron chi connectivity index (χ4n) is 1.51. The molecule has 0 bridgehead atoms. The van der Waals surface area contributed by atoms with E-state index in [1.807, 2.05) is 0 Å². The second-order valence-electron chi connectivity index (χ2n) is 4.12. The first-order valence-electron chi connectivity index (χ1n) is 6.52. The molecular formula is C14H21NO4. The molecule has 0 amide bonds. The highest BCUT2D eigenvalue weighted by Crippen LogP contribution is 2.32. The third-order valence-corrected chi connectivity index (χ3v) is 2.47. The molecule has 0 saturated carbocycles. The monoisotopic (exact) mass is 267 g/mol. The van der Waals surface area contributed by atoms with Crippen molar-refractivity contribution in [3.63, 3.8) is 0 Å². The summed E-state index contributed by atoms with van der Waals surface area (Å²) in [4.78, 5) is 10.5.